The molecular weight excluding hydrogens is 224 g/mol. The average molecular weight is 244 g/mol. The Balaban J connectivity index is 2.36. The van der Waals surface area contributed by atoms with E-state index in [2.05, 4.69) is 18.9 Å². The first kappa shape index (κ1) is 13.0. The van der Waals surface area contributed by atoms with Gasteiger partial charge >= 0.3 is 0 Å². The Labute approximate surface area is 109 Å². The van der Waals surface area contributed by atoms with E-state index < -0.39 is 5.54 Å². The van der Waals surface area contributed by atoms with Gasteiger partial charge in [0.1, 0.15) is 5.54 Å². The number of amides is 1. The van der Waals surface area contributed by atoms with E-state index in [0.717, 1.165) is 38.6 Å². The van der Waals surface area contributed by atoms with Crippen molar-refractivity contribution in [2.24, 2.45) is 17.8 Å². The lowest BCUT2D eigenvalue weighted by Crippen LogP contribution is -2.60. The summed E-state index contributed by atoms with van der Waals surface area (Å²) in [5, 5.41) is 8.99. The number of hydrogen-bond donors (Lipinski definition) is 0. The summed E-state index contributed by atoms with van der Waals surface area (Å²) in [6.07, 6.45) is 11.3. The Kier molecular flexibility index (Phi) is 3.62. The van der Waals surface area contributed by atoms with Gasteiger partial charge in [0.2, 0.25) is 6.41 Å². The summed E-state index contributed by atoms with van der Waals surface area (Å²) < 4.78 is 0. The molecule has 1 saturated heterocycles. The fourth-order valence-electron chi connectivity index (χ4n) is 4.06. The molecule has 2 aliphatic rings. The predicted octanol–water partition coefficient (Wildman–Crippen LogP) is 2.19. The van der Waals surface area contributed by atoms with E-state index in [1.807, 2.05) is 4.90 Å². The van der Waals surface area contributed by atoms with Crippen molar-refractivity contribution in [3.63, 3.8) is 0 Å². The normalized spacial score (nSPS) is 39.3. The van der Waals surface area contributed by atoms with Crippen LogP contribution in [0.1, 0.15) is 39.0 Å². The molecule has 0 bridgehead atoms. The fourth-order valence-corrected chi connectivity index (χ4v) is 4.06. The number of piperidine rings is 1. The fraction of sp³-hybridized carbons (Fsp3) is 0.733. The highest BCUT2D eigenvalue weighted by Crippen LogP contribution is 2.49. The van der Waals surface area contributed by atoms with E-state index in [4.69, 9.17) is 11.7 Å². The number of rotatable bonds is 2. The van der Waals surface area contributed by atoms with Gasteiger partial charge in [0.05, 0.1) is 6.07 Å². The van der Waals surface area contributed by atoms with Crippen LogP contribution >= 0.6 is 0 Å². The first-order chi connectivity index (χ1) is 8.67. The van der Waals surface area contributed by atoms with Crippen LogP contribution in [0.3, 0.4) is 0 Å². The topological polar surface area (TPSA) is 44.1 Å². The maximum absolute atomic E-state index is 11.3. The van der Waals surface area contributed by atoms with Gasteiger partial charge in [-0.2, -0.15) is 5.26 Å². The Bertz CT molecular complexity index is 406. The second kappa shape index (κ2) is 5.02. The molecule has 1 aliphatic carbocycles. The highest BCUT2D eigenvalue weighted by Gasteiger charge is 2.51. The van der Waals surface area contributed by atoms with Crippen LogP contribution in [0.15, 0.2) is 0 Å². The molecule has 18 heavy (non-hydrogen) atoms. The molecule has 0 aromatic carbocycles. The summed E-state index contributed by atoms with van der Waals surface area (Å²) in [5.74, 6) is 4.06. The number of likely N-dealkylation sites (tertiary alicyclic amines) is 1. The molecule has 96 valence electrons. The van der Waals surface area contributed by atoms with Crippen molar-refractivity contribution in [1.29, 1.82) is 5.26 Å². The van der Waals surface area contributed by atoms with Gasteiger partial charge in [-0.1, -0.05) is 12.8 Å². The van der Waals surface area contributed by atoms with E-state index in [9.17, 15) is 4.79 Å². The molecule has 2 rings (SSSR count). The van der Waals surface area contributed by atoms with Crippen molar-refractivity contribution in [2.75, 3.05) is 6.54 Å². The highest BCUT2D eigenvalue weighted by atomic mass is 16.1. The van der Waals surface area contributed by atoms with Gasteiger partial charge in [-0.3, -0.25) is 4.79 Å². The third kappa shape index (κ3) is 1.89. The van der Waals surface area contributed by atoms with Crippen LogP contribution in [0.25, 0.3) is 0 Å². The van der Waals surface area contributed by atoms with Gasteiger partial charge in [0, 0.05) is 13.0 Å². The second-order valence-electron chi connectivity index (χ2n) is 5.78. The van der Waals surface area contributed by atoms with Crippen LogP contribution in [0.4, 0.5) is 0 Å². The maximum atomic E-state index is 11.3. The lowest BCUT2D eigenvalue weighted by atomic mass is 9.59. The van der Waals surface area contributed by atoms with Gasteiger partial charge < -0.3 is 4.90 Å². The van der Waals surface area contributed by atoms with Crippen molar-refractivity contribution in [2.45, 2.75) is 44.6 Å². The molecule has 1 aliphatic heterocycles. The Hall–Kier alpha value is -1.48. The minimum absolute atomic E-state index is 0.303. The molecule has 3 heteroatoms. The Morgan fingerprint density at radius 2 is 2.39 bits per heavy atom. The van der Waals surface area contributed by atoms with Gasteiger partial charge in [0.25, 0.3) is 0 Å². The molecule has 0 N–H and O–H groups in total. The third-order valence-corrected chi connectivity index (χ3v) is 4.70. The van der Waals surface area contributed by atoms with Crippen LogP contribution in [-0.4, -0.2) is 23.4 Å². The maximum Gasteiger partial charge on any atom is 0.210 e. The van der Waals surface area contributed by atoms with Crippen LogP contribution in [0.5, 0.6) is 0 Å². The number of terminal acetylenes is 1. The van der Waals surface area contributed by atoms with Crippen LogP contribution in [0, 0.1) is 41.4 Å². The molecule has 1 heterocycles. The molecule has 1 amide bonds. The van der Waals surface area contributed by atoms with E-state index in [1.165, 1.54) is 0 Å². The van der Waals surface area contributed by atoms with Crippen molar-refractivity contribution < 1.29 is 4.79 Å². The quantitative estimate of drug-likeness (QED) is 0.552. The average Bonchev–Trinajstić information content (AvgIpc) is 2.38. The first-order valence-electron chi connectivity index (χ1n) is 6.74. The molecule has 0 aromatic rings. The van der Waals surface area contributed by atoms with E-state index >= 15 is 0 Å². The Morgan fingerprint density at radius 1 is 1.61 bits per heavy atom. The number of hydrogen-bond acceptors (Lipinski definition) is 2. The summed E-state index contributed by atoms with van der Waals surface area (Å²) in [6, 6.07) is 2.29. The third-order valence-electron chi connectivity index (χ3n) is 4.70. The second-order valence-corrected chi connectivity index (χ2v) is 5.78. The van der Waals surface area contributed by atoms with Crippen molar-refractivity contribution in [3.05, 3.63) is 0 Å². The molecule has 4 atom stereocenters. The minimum Gasteiger partial charge on any atom is -0.328 e. The molecule has 2 fully saturated rings. The van der Waals surface area contributed by atoms with Crippen LogP contribution < -0.4 is 0 Å². The van der Waals surface area contributed by atoms with Gasteiger partial charge in [-0.15, -0.1) is 6.42 Å². The standard InChI is InChI=1S/C15H20N2O/c1-3-15-10-12(2)9-13(6-7-16)14(15)5-4-8-17(15)11-18/h1,11-14H,4-6,8-10H2,2H3/t12-,13-,14-,15-/m1/s1. The monoisotopic (exact) mass is 244 g/mol. The lowest BCUT2D eigenvalue weighted by molar-refractivity contribution is -0.130. The summed E-state index contributed by atoms with van der Waals surface area (Å²) in [5.41, 5.74) is -0.431. The van der Waals surface area contributed by atoms with E-state index in [1.54, 1.807) is 0 Å². The zero-order chi connectivity index (χ0) is 13.2. The lowest BCUT2D eigenvalue weighted by Gasteiger charge is -2.54. The molecule has 0 unspecified atom stereocenters. The SMILES string of the molecule is C#C[C@@]12C[C@H](C)C[C@@H](CC#N)[C@H]1CCCN2C=O. The smallest absolute Gasteiger partial charge is 0.210 e. The van der Waals surface area contributed by atoms with Crippen LogP contribution in [-0.2, 0) is 4.79 Å². The number of nitrogens with zero attached hydrogens (tertiary/aromatic N) is 2. The van der Waals surface area contributed by atoms with E-state index in [0.29, 0.717) is 24.2 Å². The highest BCUT2D eigenvalue weighted by molar-refractivity contribution is 5.52. The number of carbonyl (C=O) groups excluding carboxylic acids is 1. The zero-order valence-corrected chi connectivity index (χ0v) is 10.9. The van der Waals surface area contributed by atoms with E-state index in [-0.39, 0.29) is 0 Å². The molecule has 0 aromatic heterocycles. The number of nitriles is 1. The molecule has 1 saturated carbocycles. The van der Waals surface area contributed by atoms with Crippen LogP contribution in [0.2, 0.25) is 0 Å². The predicted molar refractivity (Wildman–Crippen MR) is 69.2 cm³/mol. The number of fused-ring (bicyclic) bond motifs is 1. The van der Waals surface area contributed by atoms with Gasteiger partial charge in [-0.05, 0) is 43.4 Å². The first-order valence-corrected chi connectivity index (χ1v) is 6.74. The molecule has 0 spiro atoms. The Morgan fingerprint density at radius 3 is 3.00 bits per heavy atom. The van der Waals surface area contributed by atoms with Crippen molar-refractivity contribution in [3.8, 4) is 18.4 Å². The molecular formula is C15H20N2O. The van der Waals surface area contributed by atoms with Gasteiger partial charge in [0.15, 0.2) is 0 Å². The molecule has 3 nitrogen and oxygen atoms in total. The summed E-state index contributed by atoms with van der Waals surface area (Å²) >= 11 is 0. The summed E-state index contributed by atoms with van der Waals surface area (Å²) in [7, 11) is 0. The van der Waals surface area contributed by atoms with Crippen molar-refractivity contribution in [1.82, 2.24) is 4.90 Å². The van der Waals surface area contributed by atoms with Crippen molar-refractivity contribution >= 4 is 6.41 Å². The van der Waals surface area contributed by atoms with Gasteiger partial charge in [-0.25, -0.2) is 0 Å². The minimum atomic E-state index is -0.431. The number of carbonyl (C=O) groups is 1. The summed E-state index contributed by atoms with van der Waals surface area (Å²) in [6.45, 7) is 2.94. The summed E-state index contributed by atoms with van der Waals surface area (Å²) in [4.78, 5) is 13.1. The largest absolute Gasteiger partial charge is 0.328 e. The molecule has 0 radical (unpaired) electrons. The zero-order valence-electron chi connectivity index (χ0n) is 10.9.